The van der Waals surface area contributed by atoms with Crippen molar-refractivity contribution in [3.8, 4) is 11.9 Å². The molecule has 1 aromatic rings. The van der Waals surface area contributed by atoms with E-state index in [9.17, 15) is 4.79 Å². The lowest BCUT2D eigenvalue weighted by molar-refractivity contribution is -0.140. The summed E-state index contributed by atoms with van der Waals surface area (Å²) in [6.45, 7) is 1.20. The standard InChI is InChI=1S/C17H21N3O2/c18-10-14-6-3-9-19-17(14)22-15-11-20(12-15)16(21)8-7-13-4-1-2-5-13/h3,6,9,13,15H,1-2,4-5,7-8,11-12H2. The van der Waals surface area contributed by atoms with Gasteiger partial charge < -0.3 is 9.64 Å². The SMILES string of the molecule is N#Cc1cccnc1OC1CN(C(=O)CCC2CCCC2)C1. The second-order valence-electron chi connectivity index (χ2n) is 6.20. The monoisotopic (exact) mass is 299 g/mol. The molecule has 0 N–H and O–H groups in total. The molecule has 0 radical (unpaired) electrons. The third-order valence-corrected chi connectivity index (χ3v) is 4.61. The Bertz CT molecular complexity index is 570. The van der Waals surface area contributed by atoms with Crippen molar-refractivity contribution in [3.05, 3.63) is 23.9 Å². The summed E-state index contributed by atoms with van der Waals surface area (Å²) in [6, 6.07) is 5.47. The minimum atomic E-state index is -0.0440. The van der Waals surface area contributed by atoms with Gasteiger partial charge in [0, 0.05) is 12.6 Å². The summed E-state index contributed by atoms with van der Waals surface area (Å²) >= 11 is 0. The summed E-state index contributed by atoms with van der Waals surface area (Å²) < 4.78 is 5.70. The van der Waals surface area contributed by atoms with Crippen molar-refractivity contribution in [2.45, 2.75) is 44.6 Å². The van der Waals surface area contributed by atoms with Crippen LogP contribution in [-0.2, 0) is 4.79 Å². The van der Waals surface area contributed by atoms with Gasteiger partial charge in [0.05, 0.1) is 13.1 Å². The van der Waals surface area contributed by atoms with E-state index in [1.165, 1.54) is 25.7 Å². The fourth-order valence-electron chi connectivity index (χ4n) is 3.23. The maximum Gasteiger partial charge on any atom is 0.232 e. The molecule has 3 rings (SSSR count). The first-order valence-electron chi connectivity index (χ1n) is 8.06. The second kappa shape index (κ2) is 6.78. The Balaban J connectivity index is 1.41. The zero-order valence-corrected chi connectivity index (χ0v) is 12.7. The van der Waals surface area contributed by atoms with Crippen LogP contribution < -0.4 is 4.74 Å². The Morgan fingerprint density at radius 3 is 2.91 bits per heavy atom. The first kappa shape index (κ1) is 14.8. The number of aromatic nitrogens is 1. The number of hydrogen-bond acceptors (Lipinski definition) is 4. The number of amides is 1. The van der Waals surface area contributed by atoms with Crippen molar-refractivity contribution in [2.24, 2.45) is 5.92 Å². The van der Waals surface area contributed by atoms with Crippen molar-refractivity contribution >= 4 is 5.91 Å². The van der Waals surface area contributed by atoms with Crippen molar-refractivity contribution in [1.29, 1.82) is 5.26 Å². The smallest absolute Gasteiger partial charge is 0.232 e. The predicted molar refractivity (Wildman–Crippen MR) is 81.1 cm³/mol. The maximum absolute atomic E-state index is 12.1. The first-order chi connectivity index (χ1) is 10.8. The van der Waals surface area contributed by atoms with Crippen LogP contribution in [0.3, 0.4) is 0 Å². The van der Waals surface area contributed by atoms with Gasteiger partial charge in [-0.15, -0.1) is 0 Å². The maximum atomic E-state index is 12.1. The number of carbonyl (C=O) groups excluding carboxylic acids is 1. The van der Waals surface area contributed by atoms with Gasteiger partial charge in [-0.1, -0.05) is 25.7 Å². The molecular weight excluding hydrogens is 278 g/mol. The molecule has 116 valence electrons. The van der Waals surface area contributed by atoms with Crippen LogP contribution in [0.15, 0.2) is 18.3 Å². The summed E-state index contributed by atoms with van der Waals surface area (Å²) in [5, 5.41) is 9.00. The number of rotatable bonds is 5. The molecule has 1 amide bonds. The molecular formula is C17H21N3O2. The minimum absolute atomic E-state index is 0.0440. The Hall–Kier alpha value is -2.09. The van der Waals surface area contributed by atoms with Gasteiger partial charge in [0.2, 0.25) is 11.8 Å². The number of likely N-dealkylation sites (tertiary alicyclic amines) is 1. The van der Waals surface area contributed by atoms with E-state index in [0.717, 1.165) is 12.3 Å². The van der Waals surface area contributed by atoms with E-state index < -0.39 is 0 Å². The molecule has 0 atom stereocenters. The molecule has 2 fully saturated rings. The van der Waals surface area contributed by atoms with Crippen LogP contribution in [0.25, 0.3) is 0 Å². The summed E-state index contributed by atoms with van der Waals surface area (Å²) in [5.74, 6) is 1.35. The number of ether oxygens (including phenoxy) is 1. The van der Waals surface area contributed by atoms with Gasteiger partial charge in [-0.2, -0.15) is 5.26 Å². The van der Waals surface area contributed by atoms with Gasteiger partial charge >= 0.3 is 0 Å². The van der Waals surface area contributed by atoms with E-state index in [1.807, 2.05) is 4.90 Å². The Morgan fingerprint density at radius 1 is 1.41 bits per heavy atom. The average Bonchev–Trinajstić information content (AvgIpc) is 3.02. The van der Waals surface area contributed by atoms with E-state index >= 15 is 0 Å². The lowest BCUT2D eigenvalue weighted by Crippen LogP contribution is -2.56. The normalized spacial score (nSPS) is 18.8. The molecule has 0 spiro atoms. The molecule has 5 nitrogen and oxygen atoms in total. The highest BCUT2D eigenvalue weighted by atomic mass is 16.5. The molecule has 0 aromatic carbocycles. The lowest BCUT2D eigenvalue weighted by atomic mass is 10.0. The Labute approximate surface area is 130 Å². The summed E-state index contributed by atoms with van der Waals surface area (Å²) in [6.07, 6.45) is 8.47. The molecule has 1 aromatic heterocycles. The van der Waals surface area contributed by atoms with Crippen molar-refractivity contribution in [2.75, 3.05) is 13.1 Å². The minimum Gasteiger partial charge on any atom is -0.470 e. The van der Waals surface area contributed by atoms with Gasteiger partial charge in [0.15, 0.2) is 0 Å². The molecule has 0 unspecified atom stereocenters. The number of pyridine rings is 1. The van der Waals surface area contributed by atoms with Crippen LogP contribution in [0.4, 0.5) is 0 Å². The Kier molecular flexibility index (Phi) is 4.57. The van der Waals surface area contributed by atoms with Gasteiger partial charge in [-0.05, 0) is 24.5 Å². The molecule has 1 aliphatic carbocycles. The lowest BCUT2D eigenvalue weighted by Gasteiger charge is -2.39. The third-order valence-electron chi connectivity index (χ3n) is 4.61. The molecule has 22 heavy (non-hydrogen) atoms. The molecule has 5 heteroatoms. The van der Waals surface area contributed by atoms with Crippen molar-refractivity contribution in [3.63, 3.8) is 0 Å². The quantitative estimate of drug-likeness (QED) is 0.838. The fraction of sp³-hybridized carbons (Fsp3) is 0.588. The molecule has 1 aliphatic heterocycles. The van der Waals surface area contributed by atoms with E-state index in [0.29, 0.717) is 31.0 Å². The van der Waals surface area contributed by atoms with E-state index in [1.54, 1.807) is 18.3 Å². The van der Waals surface area contributed by atoms with Gasteiger partial charge in [-0.3, -0.25) is 4.79 Å². The topological polar surface area (TPSA) is 66.2 Å². The molecule has 1 saturated carbocycles. The largest absolute Gasteiger partial charge is 0.470 e. The fourth-order valence-corrected chi connectivity index (χ4v) is 3.23. The number of hydrogen-bond donors (Lipinski definition) is 0. The van der Waals surface area contributed by atoms with Crippen LogP contribution in [-0.4, -0.2) is 35.0 Å². The number of nitrogens with zero attached hydrogens (tertiary/aromatic N) is 3. The summed E-state index contributed by atoms with van der Waals surface area (Å²) in [4.78, 5) is 18.0. The van der Waals surface area contributed by atoms with Gasteiger partial charge in [0.1, 0.15) is 17.7 Å². The third kappa shape index (κ3) is 3.38. The molecule has 2 heterocycles. The van der Waals surface area contributed by atoms with Crippen molar-refractivity contribution in [1.82, 2.24) is 9.88 Å². The van der Waals surface area contributed by atoms with Gasteiger partial charge in [0.25, 0.3) is 0 Å². The first-order valence-corrected chi connectivity index (χ1v) is 8.06. The number of nitriles is 1. The van der Waals surface area contributed by atoms with Crippen LogP contribution in [0.5, 0.6) is 5.88 Å². The highest BCUT2D eigenvalue weighted by Crippen LogP contribution is 2.29. The predicted octanol–water partition coefficient (Wildman–Crippen LogP) is 2.51. The van der Waals surface area contributed by atoms with Crippen LogP contribution >= 0.6 is 0 Å². The van der Waals surface area contributed by atoms with Crippen LogP contribution in [0, 0.1) is 17.2 Å². The molecule has 1 saturated heterocycles. The Morgan fingerprint density at radius 2 is 2.18 bits per heavy atom. The molecule has 0 bridgehead atoms. The summed E-state index contributed by atoms with van der Waals surface area (Å²) in [5.41, 5.74) is 0.438. The highest BCUT2D eigenvalue weighted by Gasteiger charge is 2.33. The van der Waals surface area contributed by atoms with E-state index in [4.69, 9.17) is 10.00 Å². The highest BCUT2D eigenvalue weighted by molar-refractivity contribution is 5.77. The van der Waals surface area contributed by atoms with E-state index in [2.05, 4.69) is 11.1 Å². The molecule has 2 aliphatic rings. The zero-order valence-electron chi connectivity index (χ0n) is 12.7. The van der Waals surface area contributed by atoms with Gasteiger partial charge in [-0.25, -0.2) is 4.98 Å². The van der Waals surface area contributed by atoms with Crippen molar-refractivity contribution < 1.29 is 9.53 Å². The summed E-state index contributed by atoms with van der Waals surface area (Å²) in [7, 11) is 0. The second-order valence-corrected chi connectivity index (χ2v) is 6.20. The number of carbonyl (C=O) groups is 1. The zero-order chi connectivity index (χ0) is 15.4. The average molecular weight is 299 g/mol. The van der Waals surface area contributed by atoms with Crippen LogP contribution in [0.1, 0.15) is 44.1 Å². The van der Waals surface area contributed by atoms with E-state index in [-0.39, 0.29) is 12.0 Å². The van der Waals surface area contributed by atoms with Crippen LogP contribution in [0.2, 0.25) is 0 Å².